The van der Waals surface area contributed by atoms with Crippen molar-refractivity contribution in [3.8, 4) is 0 Å². The van der Waals surface area contributed by atoms with Gasteiger partial charge in [0.2, 0.25) is 0 Å². The zero-order valence-corrected chi connectivity index (χ0v) is 18.5. The third-order valence-electron chi connectivity index (χ3n) is 3.98. The van der Waals surface area contributed by atoms with Crippen molar-refractivity contribution in [2.45, 2.75) is 13.5 Å². The van der Waals surface area contributed by atoms with E-state index >= 15 is 0 Å². The number of likely N-dealkylation sites (N-methyl/N-ethyl adjacent to an activating group) is 1. The van der Waals surface area contributed by atoms with E-state index < -0.39 is 5.91 Å². The van der Waals surface area contributed by atoms with Gasteiger partial charge in [0.05, 0.1) is 6.61 Å². The topological polar surface area (TPSA) is 81.5 Å². The van der Waals surface area contributed by atoms with E-state index in [0.717, 1.165) is 5.56 Å². The normalized spacial score (nSPS) is 11.9. The number of hydrogen-bond donors (Lipinski definition) is 1. The van der Waals surface area contributed by atoms with Gasteiger partial charge in [-0.3, -0.25) is 4.79 Å². The highest BCUT2D eigenvalue weighted by Gasteiger charge is 2.20. The summed E-state index contributed by atoms with van der Waals surface area (Å²) < 4.78 is 5.49. The largest absolute Gasteiger partial charge is 0.398 e. The van der Waals surface area contributed by atoms with E-state index in [9.17, 15) is 4.79 Å². The summed E-state index contributed by atoms with van der Waals surface area (Å²) in [5, 5.41) is 11.6. The highest BCUT2D eigenvalue weighted by atomic mass is 35.5. The van der Waals surface area contributed by atoms with E-state index in [1.165, 1.54) is 14.2 Å². The molecule has 2 rings (SSSR count). The van der Waals surface area contributed by atoms with Crippen LogP contribution in [0.3, 0.4) is 0 Å². The molecule has 0 saturated carbocycles. The molecule has 0 saturated heterocycles. The van der Waals surface area contributed by atoms with Crippen LogP contribution in [0.1, 0.15) is 23.6 Å². The lowest BCUT2D eigenvalue weighted by Crippen LogP contribution is -2.29. The zero-order chi connectivity index (χ0) is 21.9. The molecule has 7 nitrogen and oxygen atoms in total. The van der Waals surface area contributed by atoms with Crippen LogP contribution in [0, 0.1) is 0 Å². The lowest BCUT2D eigenvalue weighted by Gasteiger charge is -2.12. The summed E-state index contributed by atoms with van der Waals surface area (Å²) >= 11 is 12.4. The van der Waals surface area contributed by atoms with Crippen molar-refractivity contribution in [1.82, 2.24) is 5.32 Å². The minimum absolute atomic E-state index is 0.00489. The number of rotatable bonds is 10. The summed E-state index contributed by atoms with van der Waals surface area (Å²) in [4.78, 5) is 22.6. The molecule has 0 aliphatic rings. The summed E-state index contributed by atoms with van der Waals surface area (Å²) in [5.74, 6) is -0.417. The molecule has 2 aromatic rings. The standard InChI is InChI=1S/C21H23Cl2N3O4/c1-4-29-13-19(14-7-5-8-15(22)11-14)25-30-12-17-16(9-6-10-18(17)23)20(26-28-3)21(27)24-2/h5-11H,4,12-13H2,1-3H3,(H,24,27)/b25-19+,26-20+. The van der Waals surface area contributed by atoms with Crippen molar-refractivity contribution in [3.05, 3.63) is 69.2 Å². The Morgan fingerprint density at radius 3 is 2.57 bits per heavy atom. The Bertz CT molecular complexity index is 932. The van der Waals surface area contributed by atoms with E-state index in [4.69, 9.17) is 37.6 Å². The first-order chi connectivity index (χ1) is 14.5. The molecular formula is C21H23Cl2N3O4. The predicted octanol–water partition coefficient (Wildman–Crippen LogP) is 4.05. The molecule has 160 valence electrons. The van der Waals surface area contributed by atoms with Gasteiger partial charge < -0.3 is 19.7 Å². The average molecular weight is 452 g/mol. The van der Waals surface area contributed by atoms with Crippen LogP contribution in [-0.2, 0) is 25.8 Å². The van der Waals surface area contributed by atoms with Crippen molar-refractivity contribution >= 4 is 40.5 Å². The number of carbonyl (C=O) groups excluding carboxylic acids is 1. The van der Waals surface area contributed by atoms with Gasteiger partial charge in [-0.15, -0.1) is 0 Å². The number of oxime groups is 2. The molecule has 9 heteroatoms. The van der Waals surface area contributed by atoms with E-state index in [2.05, 4.69) is 15.6 Å². The maximum atomic E-state index is 12.2. The Morgan fingerprint density at radius 1 is 1.13 bits per heavy atom. The van der Waals surface area contributed by atoms with Gasteiger partial charge in [-0.1, -0.05) is 57.8 Å². The number of nitrogens with zero attached hydrogens (tertiary/aromatic N) is 2. The fourth-order valence-corrected chi connectivity index (χ4v) is 2.97. The SMILES string of the molecule is CCOC/C(=N\OCc1c(Cl)cccc1/C(=N\OC)C(=O)NC)c1cccc(Cl)c1. The number of halogens is 2. The smallest absolute Gasteiger partial charge is 0.273 e. The zero-order valence-electron chi connectivity index (χ0n) is 16.9. The fraction of sp³-hybridized carbons (Fsp3) is 0.286. The van der Waals surface area contributed by atoms with Crippen LogP contribution in [0.15, 0.2) is 52.8 Å². The van der Waals surface area contributed by atoms with Crippen molar-refractivity contribution < 1.29 is 19.2 Å². The molecule has 0 spiro atoms. The van der Waals surface area contributed by atoms with Crippen LogP contribution in [-0.4, -0.2) is 44.7 Å². The number of nitrogens with one attached hydrogen (secondary N) is 1. The second kappa shape index (κ2) is 12.2. The maximum Gasteiger partial charge on any atom is 0.273 e. The van der Waals surface area contributed by atoms with Gasteiger partial charge in [0.25, 0.3) is 5.91 Å². The summed E-state index contributed by atoms with van der Waals surface area (Å²) in [7, 11) is 2.86. The van der Waals surface area contributed by atoms with E-state index in [1.54, 1.807) is 30.3 Å². The molecule has 0 bridgehead atoms. The van der Waals surface area contributed by atoms with Gasteiger partial charge in [-0.2, -0.15) is 0 Å². The van der Waals surface area contributed by atoms with E-state index in [0.29, 0.717) is 33.5 Å². The Morgan fingerprint density at radius 2 is 1.90 bits per heavy atom. The van der Waals surface area contributed by atoms with Crippen molar-refractivity contribution in [1.29, 1.82) is 0 Å². The second-order valence-corrected chi connectivity index (χ2v) is 6.77. The number of carbonyl (C=O) groups is 1. The van der Waals surface area contributed by atoms with E-state index in [-0.39, 0.29) is 18.9 Å². The van der Waals surface area contributed by atoms with E-state index in [1.807, 2.05) is 19.1 Å². The first-order valence-electron chi connectivity index (χ1n) is 9.15. The van der Waals surface area contributed by atoms with Crippen molar-refractivity contribution in [2.75, 3.05) is 27.4 Å². The molecule has 0 unspecified atom stereocenters. The molecule has 0 aromatic heterocycles. The van der Waals surface area contributed by atoms with Gasteiger partial charge >= 0.3 is 0 Å². The number of amides is 1. The van der Waals surface area contributed by atoms with Crippen LogP contribution in [0.5, 0.6) is 0 Å². The summed E-state index contributed by atoms with van der Waals surface area (Å²) in [6.07, 6.45) is 0. The third kappa shape index (κ3) is 6.45. The van der Waals surface area contributed by atoms with Crippen LogP contribution >= 0.6 is 23.2 Å². The molecule has 1 N–H and O–H groups in total. The molecule has 0 aliphatic heterocycles. The minimum Gasteiger partial charge on any atom is -0.398 e. The van der Waals surface area contributed by atoms with Crippen molar-refractivity contribution in [2.24, 2.45) is 10.3 Å². The van der Waals surface area contributed by atoms with Crippen molar-refractivity contribution in [3.63, 3.8) is 0 Å². The molecule has 0 heterocycles. The molecule has 0 fully saturated rings. The van der Waals surface area contributed by atoms with Crippen LogP contribution in [0.2, 0.25) is 10.0 Å². The molecule has 30 heavy (non-hydrogen) atoms. The Labute approximate surface area is 185 Å². The lowest BCUT2D eigenvalue weighted by molar-refractivity contribution is -0.114. The molecule has 1 amide bonds. The molecular weight excluding hydrogens is 429 g/mol. The average Bonchev–Trinajstić information content (AvgIpc) is 2.75. The predicted molar refractivity (Wildman–Crippen MR) is 118 cm³/mol. The third-order valence-corrected chi connectivity index (χ3v) is 4.57. The molecule has 0 radical (unpaired) electrons. The number of ether oxygens (including phenoxy) is 1. The van der Waals surface area contributed by atoms with Gasteiger partial charge in [0.15, 0.2) is 5.71 Å². The molecule has 0 aliphatic carbocycles. The Kier molecular flexibility index (Phi) is 9.60. The van der Waals surface area contributed by atoms with Crippen LogP contribution < -0.4 is 5.32 Å². The van der Waals surface area contributed by atoms with Gasteiger partial charge in [0, 0.05) is 40.4 Å². The Hall–Kier alpha value is -2.61. The number of benzene rings is 2. The van der Waals surface area contributed by atoms with Gasteiger partial charge in [0.1, 0.15) is 19.4 Å². The quantitative estimate of drug-likeness (QED) is 0.436. The summed E-state index contributed by atoms with van der Waals surface area (Å²) in [6, 6.07) is 12.4. The maximum absolute atomic E-state index is 12.2. The first kappa shape index (κ1) is 23.7. The van der Waals surface area contributed by atoms with Gasteiger partial charge in [-0.05, 0) is 25.1 Å². The number of hydrogen-bond acceptors (Lipinski definition) is 6. The first-order valence-corrected chi connectivity index (χ1v) is 9.90. The molecule has 2 aromatic carbocycles. The Balaban J connectivity index is 2.33. The molecule has 0 atom stereocenters. The monoisotopic (exact) mass is 451 g/mol. The fourth-order valence-electron chi connectivity index (χ4n) is 2.55. The van der Waals surface area contributed by atoms with Gasteiger partial charge in [-0.25, -0.2) is 0 Å². The van der Waals surface area contributed by atoms with Crippen LogP contribution in [0.25, 0.3) is 0 Å². The highest BCUT2D eigenvalue weighted by Crippen LogP contribution is 2.23. The summed E-state index contributed by atoms with van der Waals surface area (Å²) in [5.41, 5.74) is 2.46. The second-order valence-electron chi connectivity index (χ2n) is 5.93. The van der Waals surface area contributed by atoms with Crippen LogP contribution in [0.4, 0.5) is 0 Å². The summed E-state index contributed by atoms with van der Waals surface area (Å²) in [6.45, 7) is 2.67. The minimum atomic E-state index is -0.417. The lowest BCUT2D eigenvalue weighted by atomic mass is 10.0. The highest BCUT2D eigenvalue weighted by molar-refractivity contribution is 6.46.